The highest BCUT2D eigenvalue weighted by atomic mass is 32.2. The summed E-state index contributed by atoms with van der Waals surface area (Å²) < 4.78 is 3.29. The van der Waals surface area contributed by atoms with E-state index in [1.54, 1.807) is 17.4 Å². The van der Waals surface area contributed by atoms with Crippen molar-refractivity contribution in [3.05, 3.63) is 99.0 Å². The second-order valence-electron chi connectivity index (χ2n) is 6.43. The molecule has 0 bridgehead atoms. The molecule has 2 heterocycles. The molecule has 0 saturated heterocycles. The first-order valence-electron chi connectivity index (χ1n) is 9.09. The number of rotatable bonds is 7. The minimum absolute atomic E-state index is 0.0813. The van der Waals surface area contributed by atoms with Crippen LogP contribution in [0, 0.1) is 0 Å². The van der Waals surface area contributed by atoms with Gasteiger partial charge in [-0.05, 0) is 58.6 Å². The molecule has 0 saturated carbocycles. The van der Waals surface area contributed by atoms with Crippen LogP contribution in [0.4, 0.5) is 0 Å². The third-order valence-electron chi connectivity index (χ3n) is 4.40. The van der Waals surface area contributed by atoms with Crippen LogP contribution in [0.3, 0.4) is 0 Å². The summed E-state index contributed by atoms with van der Waals surface area (Å²) in [6.45, 7) is 0.509. The van der Waals surface area contributed by atoms with E-state index < -0.39 is 6.04 Å². The number of benzene rings is 2. The van der Waals surface area contributed by atoms with Crippen LogP contribution in [0.5, 0.6) is 0 Å². The second-order valence-corrected chi connectivity index (χ2v) is 8.38. The van der Waals surface area contributed by atoms with E-state index >= 15 is 0 Å². The summed E-state index contributed by atoms with van der Waals surface area (Å²) in [5.74, 6) is -0.0813. The van der Waals surface area contributed by atoms with E-state index in [1.807, 2.05) is 66.0 Å². The number of carbonyl (C=O) groups excluding carboxylic acids is 1. The summed E-state index contributed by atoms with van der Waals surface area (Å²) in [6, 6.07) is 22.2. The van der Waals surface area contributed by atoms with Crippen molar-refractivity contribution < 1.29 is 4.79 Å². The van der Waals surface area contributed by atoms with Crippen molar-refractivity contribution >= 4 is 40.1 Å². The van der Waals surface area contributed by atoms with Gasteiger partial charge in [0.25, 0.3) is 0 Å². The molecule has 0 aliphatic rings. The maximum atomic E-state index is 12.9. The molecule has 1 atom stereocenters. The number of pyridine rings is 1. The highest BCUT2D eigenvalue weighted by Gasteiger charge is 2.20. The van der Waals surface area contributed by atoms with E-state index in [0.717, 1.165) is 26.2 Å². The molecule has 7 heteroatoms. The molecule has 0 spiro atoms. The van der Waals surface area contributed by atoms with Crippen molar-refractivity contribution in [2.45, 2.75) is 17.5 Å². The number of aromatic amines is 1. The minimum Gasteiger partial charge on any atom is -0.350 e. The zero-order valence-corrected chi connectivity index (χ0v) is 17.1. The molecule has 0 fully saturated rings. The highest BCUT2D eigenvalue weighted by molar-refractivity contribution is 7.97. The van der Waals surface area contributed by atoms with Gasteiger partial charge < -0.3 is 10.3 Å². The summed E-state index contributed by atoms with van der Waals surface area (Å²) in [7, 11) is 0. The monoisotopic (exact) mass is 421 g/mol. The first-order chi connectivity index (χ1) is 14.2. The van der Waals surface area contributed by atoms with Gasteiger partial charge in [0.1, 0.15) is 6.04 Å². The SMILES string of the molecule is O=C(NCc1cccs1)C(NSc1ccc2[nH]c(=O)ccc2c1)c1ccccc1. The van der Waals surface area contributed by atoms with Gasteiger partial charge in [-0.15, -0.1) is 11.3 Å². The molecular weight excluding hydrogens is 402 g/mol. The molecule has 2 aromatic carbocycles. The molecule has 1 unspecified atom stereocenters. The first kappa shape index (κ1) is 19.4. The number of hydrogen-bond acceptors (Lipinski definition) is 5. The molecule has 29 heavy (non-hydrogen) atoms. The predicted octanol–water partition coefficient (Wildman–Crippen LogP) is 4.24. The van der Waals surface area contributed by atoms with Crippen molar-refractivity contribution in [1.29, 1.82) is 0 Å². The van der Waals surface area contributed by atoms with Crippen LogP contribution < -0.4 is 15.6 Å². The molecule has 0 aliphatic heterocycles. The maximum Gasteiger partial charge on any atom is 0.248 e. The van der Waals surface area contributed by atoms with Crippen LogP contribution in [0.25, 0.3) is 10.9 Å². The fourth-order valence-corrected chi connectivity index (χ4v) is 4.39. The topological polar surface area (TPSA) is 74.0 Å². The van der Waals surface area contributed by atoms with Gasteiger partial charge in [-0.3, -0.25) is 9.59 Å². The summed E-state index contributed by atoms with van der Waals surface area (Å²) in [4.78, 5) is 29.2. The van der Waals surface area contributed by atoms with Gasteiger partial charge in [0.2, 0.25) is 11.5 Å². The van der Waals surface area contributed by atoms with E-state index in [1.165, 1.54) is 18.0 Å². The Morgan fingerprint density at radius 1 is 1.03 bits per heavy atom. The maximum absolute atomic E-state index is 12.9. The molecule has 0 radical (unpaired) electrons. The van der Waals surface area contributed by atoms with Gasteiger partial charge in [-0.1, -0.05) is 36.4 Å². The van der Waals surface area contributed by atoms with Gasteiger partial charge >= 0.3 is 0 Å². The minimum atomic E-state index is -0.493. The van der Waals surface area contributed by atoms with Crippen molar-refractivity contribution in [3.63, 3.8) is 0 Å². The lowest BCUT2D eigenvalue weighted by Crippen LogP contribution is -2.34. The summed E-state index contributed by atoms with van der Waals surface area (Å²) in [5, 5.41) is 5.95. The van der Waals surface area contributed by atoms with Crippen LogP contribution in [0.15, 0.2) is 87.9 Å². The van der Waals surface area contributed by atoms with E-state index in [2.05, 4.69) is 15.0 Å². The zero-order valence-electron chi connectivity index (χ0n) is 15.4. The van der Waals surface area contributed by atoms with E-state index in [-0.39, 0.29) is 11.5 Å². The lowest BCUT2D eigenvalue weighted by atomic mass is 10.1. The molecular formula is C22H19N3O2S2. The Balaban J connectivity index is 1.50. The van der Waals surface area contributed by atoms with Crippen molar-refractivity contribution in [1.82, 2.24) is 15.0 Å². The fourth-order valence-electron chi connectivity index (χ4n) is 2.93. The Morgan fingerprint density at radius 3 is 2.69 bits per heavy atom. The predicted molar refractivity (Wildman–Crippen MR) is 119 cm³/mol. The lowest BCUT2D eigenvalue weighted by molar-refractivity contribution is -0.122. The zero-order chi connectivity index (χ0) is 20.1. The van der Waals surface area contributed by atoms with E-state index in [4.69, 9.17) is 0 Å². The Morgan fingerprint density at radius 2 is 1.90 bits per heavy atom. The van der Waals surface area contributed by atoms with Gasteiger partial charge in [0.05, 0.1) is 6.54 Å². The molecule has 5 nitrogen and oxygen atoms in total. The Hall–Kier alpha value is -2.87. The Labute approximate surface area is 176 Å². The van der Waals surface area contributed by atoms with Crippen molar-refractivity contribution in [2.75, 3.05) is 0 Å². The Kier molecular flexibility index (Phi) is 6.09. The Bertz CT molecular complexity index is 1160. The van der Waals surface area contributed by atoms with Gasteiger partial charge in [-0.2, -0.15) is 0 Å². The number of nitrogens with one attached hydrogen (secondary N) is 3. The molecule has 2 aromatic heterocycles. The number of aromatic nitrogens is 1. The van der Waals surface area contributed by atoms with Crippen LogP contribution in [-0.2, 0) is 11.3 Å². The van der Waals surface area contributed by atoms with Crippen LogP contribution >= 0.6 is 23.3 Å². The lowest BCUT2D eigenvalue weighted by Gasteiger charge is -2.18. The summed E-state index contributed by atoms with van der Waals surface area (Å²) >= 11 is 3.01. The van der Waals surface area contributed by atoms with Crippen LogP contribution in [-0.4, -0.2) is 10.9 Å². The standard InChI is InChI=1S/C22H19N3O2S2/c26-20-11-8-16-13-17(9-10-19(16)24-20)29-25-21(15-5-2-1-3-6-15)22(27)23-14-18-7-4-12-28-18/h1-13,21,25H,14H2,(H,23,27)(H,24,26). The molecule has 4 rings (SSSR count). The molecule has 0 aliphatic carbocycles. The van der Waals surface area contributed by atoms with Gasteiger partial charge in [0, 0.05) is 21.4 Å². The molecule has 1 amide bonds. The van der Waals surface area contributed by atoms with Crippen LogP contribution in [0.1, 0.15) is 16.5 Å². The number of H-pyrrole nitrogens is 1. The van der Waals surface area contributed by atoms with E-state index in [0.29, 0.717) is 6.54 Å². The number of thiophene rings is 1. The normalized spacial score (nSPS) is 12.0. The fraction of sp³-hybridized carbons (Fsp3) is 0.0909. The smallest absolute Gasteiger partial charge is 0.248 e. The van der Waals surface area contributed by atoms with E-state index in [9.17, 15) is 9.59 Å². The van der Waals surface area contributed by atoms with Crippen LogP contribution in [0.2, 0.25) is 0 Å². The third kappa shape index (κ3) is 4.95. The molecule has 4 aromatic rings. The van der Waals surface area contributed by atoms with Gasteiger partial charge in [0.15, 0.2) is 0 Å². The summed E-state index contributed by atoms with van der Waals surface area (Å²) in [5.41, 5.74) is 1.56. The summed E-state index contributed by atoms with van der Waals surface area (Å²) in [6.07, 6.45) is 0. The second kappa shape index (κ2) is 9.09. The first-order valence-corrected chi connectivity index (χ1v) is 10.8. The molecule has 3 N–H and O–H groups in total. The van der Waals surface area contributed by atoms with Crippen molar-refractivity contribution in [2.24, 2.45) is 0 Å². The molecule has 146 valence electrons. The number of carbonyl (C=O) groups is 1. The number of hydrogen-bond donors (Lipinski definition) is 3. The van der Waals surface area contributed by atoms with Crippen molar-refractivity contribution in [3.8, 4) is 0 Å². The highest BCUT2D eigenvalue weighted by Crippen LogP contribution is 2.24. The third-order valence-corrected chi connectivity index (χ3v) is 6.12. The average Bonchev–Trinajstić information content (AvgIpc) is 3.27. The number of amides is 1. The van der Waals surface area contributed by atoms with Gasteiger partial charge in [-0.25, -0.2) is 4.72 Å². The number of fused-ring (bicyclic) bond motifs is 1. The quantitative estimate of drug-likeness (QED) is 0.390. The largest absolute Gasteiger partial charge is 0.350 e. The average molecular weight is 422 g/mol.